The van der Waals surface area contributed by atoms with Gasteiger partial charge in [0.1, 0.15) is 5.60 Å². The Morgan fingerprint density at radius 2 is 1.88 bits per heavy atom. The SMILES string of the molecule is CC(C)CC(CNCCCNC(=O)OC(C)(C)C)N1CCOCC1. The second kappa shape index (κ2) is 10.9. The van der Waals surface area contributed by atoms with E-state index in [9.17, 15) is 4.79 Å². The molecular weight excluding hydrogens is 306 g/mol. The van der Waals surface area contributed by atoms with E-state index in [4.69, 9.17) is 9.47 Å². The van der Waals surface area contributed by atoms with E-state index < -0.39 is 5.60 Å². The quantitative estimate of drug-likeness (QED) is 0.629. The molecule has 24 heavy (non-hydrogen) atoms. The van der Waals surface area contributed by atoms with Crippen molar-refractivity contribution in [2.24, 2.45) is 5.92 Å². The van der Waals surface area contributed by atoms with Crippen LogP contribution in [-0.4, -0.2) is 68.6 Å². The minimum atomic E-state index is -0.440. The van der Waals surface area contributed by atoms with Crippen molar-refractivity contribution in [1.82, 2.24) is 15.5 Å². The van der Waals surface area contributed by atoms with Crippen LogP contribution in [0.1, 0.15) is 47.5 Å². The number of amides is 1. The molecule has 0 spiro atoms. The largest absolute Gasteiger partial charge is 0.444 e. The molecule has 0 bridgehead atoms. The van der Waals surface area contributed by atoms with Gasteiger partial charge in [0.05, 0.1) is 13.2 Å². The van der Waals surface area contributed by atoms with Gasteiger partial charge in [-0.3, -0.25) is 4.90 Å². The van der Waals surface area contributed by atoms with Gasteiger partial charge in [0.25, 0.3) is 0 Å². The van der Waals surface area contributed by atoms with Crippen LogP contribution in [0.5, 0.6) is 0 Å². The first-order valence-electron chi connectivity index (χ1n) is 9.27. The Balaban J connectivity index is 2.17. The molecular formula is C18H37N3O3. The van der Waals surface area contributed by atoms with Crippen LogP contribution in [0, 0.1) is 5.92 Å². The van der Waals surface area contributed by atoms with Gasteiger partial charge in [-0.2, -0.15) is 0 Å². The van der Waals surface area contributed by atoms with Crippen LogP contribution in [-0.2, 0) is 9.47 Å². The number of nitrogens with zero attached hydrogens (tertiary/aromatic N) is 1. The van der Waals surface area contributed by atoms with E-state index in [2.05, 4.69) is 29.4 Å². The third kappa shape index (κ3) is 10.1. The first-order chi connectivity index (χ1) is 11.3. The minimum Gasteiger partial charge on any atom is -0.444 e. The molecule has 6 heteroatoms. The summed E-state index contributed by atoms with van der Waals surface area (Å²) in [5, 5.41) is 6.33. The lowest BCUT2D eigenvalue weighted by Gasteiger charge is -2.35. The Morgan fingerprint density at radius 1 is 1.21 bits per heavy atom. The highest BCUT2D eigenvalue weighted by molar-refractivity contribution is 5.67. The smallest absolute Gasteiger partial charge is 0.407 e. The number of morpholine rings is 1. The zero-order chi connectivity index (χ0) is 18.0. The second-order valence-electron chi connectivity index (χ2n) is 7.92. The zero-order valence-corrected chi connectivity index (χ0v) is 16.2. The van der Waals surface area contributed by atoms with E-state index in [1.165, 1.54) is 6.42 Å². The molecule has 1 aliphatic rings. The fourth-order valence-electron chi connectivity index (χ4n) is 2.83. The summed E-state index contributed by atoms with van der Waals surface area (Å²) in [6, 6.07) is 0.563. The highest BCUT2D eigenvalue weighted by Gasteiger charge is 2.21. The summed E-state index contributed by atoms with van der Waals surface area (Å²) in [4.78, 5) is 14.1. The van der Waals surface area contributed by atoms with Gasteiger partial charge < -0.3 is 20.1 Å². The molecule has 1 heterocycles. The van der Waals surface area contributed by atoms with Crippen molar-refractivity contribution in [3.05, 3.63) is 0 Å². The van der Waals surface area contributed by atoms with E-state index in [-0.39, 0.29) is 6.09 Å². The standard InChI is InChI=1S/C18H37N3O3/c1-15(2)13-16(21-9-11-23-12-10-21)14-19-7-6-8-20-17(22)24-18(3,4)5/h15-16,19H,6-14H2,1-5H3,(H,20,22). The van der Waals surface area contributed by atoms with E-state index in [1.54, 1.807) is 0 Å². The van der Waals surface area contributed by atoms with Crippen LogP contribution in [0.3, 0.4) is 0 Å². The molecule has 1 atom stereocenters. The molecule has 0 aromatic heterocycles. The molecule has 0 radical (unpaired) electrons. The molecule has 0 aromatic rings. The monoisotopic (exact) mass is 343 g/mol. The van der Waals surface area contributed by atoms with E-state index >= 15 is 0 Å². The van der Waals surface area contributed by atoms with E-state index in [0.717, 1.165) is 45.8 Å². The number of carbonyl (C=O) groups is 1. The van der Waals surface area contributed by atoms with Crippen LogP contribution in [0.15, 0.2) is 0 Å². The fourth-order valence-corrected chi connectivity index (χ4v) is 2.83. The molecule has 1 unspecified atom stereocenters. The van der Waals surface area contributed by atoms with Crippen LogP contribution < -0.4 is 10.6 Å². The molecule has 6 nitrogen and oxygen atoms in total. The van der Waals surface area contributed by atoms with Crippen LogP contribution in [0.4, 0.5) is 4.79 Å². The maximum absolute atomic E-state index is 11.6. The summed E-state index contributed by atoms with van der Waals surface area (Å²) in [7, 11) is 0. The summed E-state index contributed by atoms with van der Waals surface area (Å²) >= 11 is 0. The second-order valence-corrected chi connectivity index (χ2v) is 7.92. The average molecular weight is 344 g/mol. The fraction of sp³-hybridized carbons (Fsp3) is 0.944. The van der Waals surface area contributed by atoms with Gasteiger partial charge >= 0.3 is 6.09 Å². The number of hydrogen-bond donors (Lipinski definition) is 2. The van der Waals surface area contributed by atoms with Gasteiger partial charge in [-0.05, 0) is 46.1 Å². The highest BCUT2D eigenvalue weighted by Crippen LogP contribution is 2.13. The van der Waals surface area contributed by atoms with Crippen molar-refractivity contribution in [1.29, 1.82) is 0 Å². The minimum absolute atomic E-state index is 0.339. The van der Waals surface area contributed by atoms with Crippen molar-refractivity contribution in [2.75, 3.05) is 45.9 Å². The molecule has 1 aliphatic heterocycles. The molecule has 1 amide bonds. The van der Waals surface area contributed by atoms with Gasteiger partial charge in [-0.1, -0.05) is 13.8 Å². The van der Waals surface area contributed by atoms with Gasteiger partial charge in [0.15, 0.2) is 0 Å². The zero-order valence-electron chi connectivity index (χ0n) is 16.2. The number of nitrogens with one attached hydrogen (secondary N) is 2. The predicted octanol–water partition coefficient (Wildman–Crippen LogP) is 2.24. The number of ether oxygens (including phenoxy) is 2. The van der Waals surface area contributed by atoms with E-state index in [0.29, 0.717) is 18.5 Å². The van der Waals surface area contributed by atoms with Crippen molar-refractivity contribution >= 4 is 6.09 Å². The van der Waals surface area contributed by atoms with Crippen LogP contribution >= 0.6 is 0 Å². The predicted molar refractivity (Wildman–Crippen MR) is 97.4 cm³/mol. The Morgan fingerprint density at radius 3 is 2.46 bits per heavy atom. The Bertz CT molecular complexity index is 350. The normalized spacial score (nSPS) is 17.8. The number of hydrogen-bond acceptors (Lipinski definition) is 5. The molecule has 2 N–H and O–H groups in total. The van der Waals surface area contributed by atoms with Gasteiger partial charge in [0, 0.05) is 32.2 Å². The van der Waals surface area contributed by atoms with Crippen molar-refractivity contribution in [2.45, 2.75) is 59.1 Å². The van der Waals surface area contributed by atoms with Crippen molar-refractivity contribution < 1.29 is 14.3 Å². The summed E-state index contributed by atoms with van der Waals surface area (Å²) < 4.78 is 10.7. The summed E-state index contributed by atoms with van der Waals surface area (Å²) in [5.74, 6) is 0.688. The molecule has 142 valence electrons. The third-order valence-corrected chi connectivity index (χ3v) is 3.88. The molecule has 0 aromatic carbocycles. The van der Waals surface area contributed by atoms with Crippen molar-refractivity contribution in [3.63, 3.8) is 0 Å². The molecule has 1 rings (SSSR count). The Kier molecular flexibility index (Phi) is 9.63. The highest BCUT2D eigenvalue weighted by atomic mass is 16.6. The number of rotatable bonds is 9. The first kappa shape index (κ1) is 21.2. The lowest BCUT2D eigenvalue weighted by Crippen LogP contribution is -2.48. The number of carbonyl (C=O) groups excluding carboxylic acids is 1. The Labute approximate surface area is 147 Å². The van der Waals surface area contributed by atoms with Gasteiger partial charge in [0.2, 0.25) is 0 Å². The summed E-state index contributed by atoms with van der Waals surface area (Å²) in [6.07, 6.45) is 1.76. The van der Waals surface area contributed by atoms with Crippen LogP contribution in [0.2, 0.25) is 0 Å². The lowest BCUT2D eigenvalue weighted by atomic mass is 10.0. The van der Waals surface area contributed by atoms with Gasteiger partial charge in [-0.15, -0.1) is 0 Å². The summed E-state index contributed by atoms with van der Waals surface area (Å²) in [5.41, 5.74) is -0.440. The molecule has 1 saturated heterocycles. The topological polar surface area (TPSA) is 62.8 Å². The maximum Gasteiger partial charge on any atom is 0.407 e. The number of alkyl carbamates (subject to hydrolysis) is 1. The maximum atomic E-state index is 11.6. The van der Waals surface area contributed by atoms with E-state index in [1.807, 2.05) is 20.8 Å². The lowest BCUT2D eigenvalue weighted by molar-refractivity contribution is 0.0124. The molecule has 1 fully saturated rings. The Hall–Kier alpha value is -0.850. The van der Waals surface area contributed by atoms with Crippen molar-refractivity contribution in [3.8, 4) is 0 Å². The van der Waals surface area contributed by atoms with Gasteiger partial charge in [-0.25, -0.2) is 4.79 Å². The summed E-state index contributed by atoms with van der Waals surface area (Å²) in [6.45, 7) is 16.4. The molecule has 0 saturated carbocycles. The molecule has 0 aliphatic carbocycles. The first-order valence-corrected chi connectivity index (χ1v) is 9.27. The third-order valence-electron chi connectivity index (χ3n) is 3.88. The average Bonchev–Trinajstić information content (AvgIpc) is 2.48. The van der Waals surface area contributed by atoms with Crippen LogP contribution in [0.25, 0.3) is 0 Å².